The van der Waals surface area contributed by atoms with Crippen LogP contribution in [0.25, 0.3) is 0 Å². The first kappa shape index (κ1) is 15.4. The van der Waals surface area contributed by atoms with Crippen molar-refractivity contribution in [3.63, 3.8) is 0 Å². The second-order valence-electron chi connectivity index (χ2n) is 2.83. The molecule has 0 atom stereocenters. The molecule has 1 rings (SSSR count). The fourth-order valence-corrected chi connectivity index (χ4v) is 11.0. The molecule has 0 aliphatic heterocycles. The Labute approximate surface area is 106 Å². The maximum Gasteiger partial charge on any atom is 0.209 e. The van der Waals surface area contributed by atoms with E-state index in [1.165, 1.54) is 5.30 Å². The van der Waals surface area contributed by atoms with E-state index in [2.05, 4.69) is 12.1 Å². The molecule has 1 aromatic carbocycles. The second-order valence-corrected chi connectivity index (χ2v) is 11.6. The summed E-state index contributed by atoms with van der Waals surface area (Å²) in [4.78, 5) is 0. The summed E-state index contributed by atoms with van der Waals surface area (Å²) < 4.78 is 21.7. The van der Waals surface area contributed by atoms with Crippen molar-refractivity contribution in [3.05, 3.63) is 30.3 Å². The summed E-state index contributed by atoms with van der Waals surface area (Å²) in [6.07, 6.45) is 0. The van der Waals surface area contributed by atoms with Gasteiger partial charge in [0.2, 0.25) is 16.1 Å². The molecule has 17 heavy (non-hydrogen) atoms. The number of hydrogen-bond acceptors (Lipinski definition) is 4. The molecule has 0 unspecified atom stereocenters. The molecule has 0 spiro atoms. The van der Waals surface area contributed by atoms with Gasteiger partial charge in [-0.05, 0) is 5.30 Å². The van der Waals surface area contributed by atoms with Crippen LogP contribution in [-0.4, -0.2) is 28.4 Å². The molecule has 0 aliphatic rings. The summed E-state index contributed by atoms with van der Waals surface area (Å²) in [5.41, 5.74) is 0. The molecule has 0 radical (unpaired) electrons. The van der Waals surface area contributed by atoms with Crippen molar-refractivity contribution in [2.75, 3.05) is 28.4 Å². The van der Waals surface area contributed by atoms with Crippen molar-refractivity contribution in [1.29, 1.82) is 0 Å². The van der Waals surface area contributed by atoms with Crippen LogP contribution in [0.15, 0.2) is 30.3 Å². The highest BCUT2D eigenvalue weighted by Gasteiger charge is 2.34. The van der Waals surface area contributed by atoms with E-state index in [4.69, 9.17) is 18.1 Å². The van der Waals surface area contributed by atoms with E-state index >= 15 is 0 Å². The molecule has 0 heterocycles. The van der Waals surface area contributed by atoms with Crippen molar-refractivity contribution < 1.29 is 18.1 Å². The molecule has 7 heteroatoms. The minimum absolute atomic E-state index is 0.742. The van der Waals surface area contributed by atoms with Gasteiger partial charge in [0.25, 0.3) is 0 Å². The Morgan fingerprint density at radius 2 is 1.12 bits per heavy atom. The Balaban J connectivity index is 3.01. The summed E-state index contributed by atoms with van der Waals surface area (Å²) in [6.45, 7) is 0. The van der Waals surface area contributed by atoms with Gasteiger partial charge in [-0.2, -0.15) is 0 Å². The minimum Gasteiger partial charge on any atom is -0.334 e. The fraction of sp³-hybridized carbons (Fsp3) is 0.400. The van der Waals surface area contributed by atoms with Crippen molar-refractivity contribution in [2.45, 2.75) is 0 Å². The molecular formula is C10H17O4P3. The summed E-state index contributed by atoms with van der Waals surface area (Å²) in [5, 5.41) is 1.17. The monoisotopic (exact) mass is 294 g/mol. The Kier molecular flexibility index (Phi) is 7.66. The summed E-state index contributed by atoms with van der Waals surface area (Å²) >= 11 is 0. The van der Waals surface area contributed by atoms with Crippen LogP contribution in [0.5, 0.6) is 0 Å². The van der Waals surface area contributed by atoms with Crippen LogP contribution in [0.2, 0.25) is 0 Å². The third-order valence-corrected chi connectivity index (χ3v) is 12.4. The van der Waals surface area contributed by atoms with Gasteiger partial charge in [-0.15, -0.1) is 0 Å². The third kappa shape index (κ3) is 4.19. The highest BCUT2D eigenvalue weighted by molar-refractivity contribution is 8.59. The van der Waals surface area contributed by atoms with Gasteiger partial charge in [0.15, 0.2) is 0 Å². The molecule has 0 N–H and O–H groups in total. The van der Waals surface area contributed by atoms with Gasteiger partial charge in [0.05, 0.1) is 7.30 Å². The predicted octanol–water partition coefficient (Wildman–Crippen LogP) is 3.83. The average molecular weight is 294 g/mol. The zero-order valence-electron chi connectivity index (χ0n) is 10.4. The number of hydrogen-bond donors (Lipinski definition) is 0. The quantitative estimate of drug-likeness (QED) is 0.716. The van der Waals surface area contributed by atoms with Crippen LogP contribution < -0.4 is 5.30 Å². The van der Waals surface area contributed by atoms with Gasteiger partial charge in [-0.1, -0.05) is 30.3 Å². The van der Waals surface area contributed by atoms with Gasteiger partial charge >= 0.3 is 0 Å². The topological polar surface area (TPSA) is 36.9 Å². The molecule has 4 nitrogen and oxygen atoms in total. The standard InChI is InChI=1S/C10H17O4P3/c1-11-16(12-2)15(17(13-3)14-4)10-8-6-5-7-9-10/h5-9H,1-4H3. The predicted molar refractivity (Wildman–Crippen MR) is 74.9 cm³/mol. The van der Waals surface area contributed by atoms with E-state index in [-0.39, 0.29) is 0 Å². The van der Waals surface area contributed by atoms with Gasteiger partial charge in [-0.25, -0.2) is 0 Å². The maximum absolute atomic E-state index is 5.43. The molecule has 0 saturated heterocycles. The Morgan fingerprint density at radius 1 is 0.706 bits per heavy atom. The first-order chi connectivity index (χ1) is 8.28. The maximum atomic E-state index is 5.43. The molecule has 0 aromatic heterocycles. The van der Waals surface area contributed by atoms with Gasteiger partial charge in [0, 0.05) is 28.4 Å². The number of benzene rings is 1. The van der Waals surface area contributed by atoms with Crippen LogP contribution in [0, 0.1) is 0 Å². The van der Waals surface area contributed by atoms with Gasteiger partial charge < -0.3 is 18.1 Å². The lowest BCUT2D eigenvalue weighted by atomic mass is 10.4. The highest BCUT2D eigenvalue weighted by atomic mass is 32.5. The fourth-order valence-electron chi connectivity index (χ4n) is 1.27. The second kappa shape index (κ2) is 8.45. The summed E-state index contributed by atoms with van der Waals surface area (Å²) in [7, 11) is 3.89. The van der Waals surface area contributed by atoms with E-state index in [0.717, 1.165) is 0 Å². The molecule has 0 fully saturated rings. The smallest absolute Gasteiger partial charge is 0.209 e. The molecule has 0 aliphatic carbocycles. The van der Waals surface area contributed by atoms with Crippen LogP contribution >= 0.6 is 23.4 Å². The lowest BCUT2D eigenvalue weighted by molar-refractivity contribution is 0.350. The van der Waals surface area contributed by atoms with Crippen LogP contribution in [0.3, 0.4) is 0 Å². The average Bonchev–Trinajstić information content (AvgIpc) is 2.40. The molecule has 0 bridgehead atoms. The zero-order chi connectivity index (χ0) is 12.7. The zero-order valence-corrected chi connectivity index (χ0v) is 13.0. The largest absolute Gasteiger partial charge is 0.334 e. The lowest BCUT2D eigenvalue weighted by Crippen LogP contribution is -2.00. The number of rotatable bonds is 7. The molecule has 1 aromatic rings. The Hall–Kier alpha value is 0.350. The first-order valence-electron chi connectivity index (χ1n) is 4.90. The third-order valence-electron chi connectivity index (χ3n) is 1.92. The molecular weight excluding hydrogens is 277 g/mol. The minimum atomic E-state index is -1.00. The Bertz CT molecular complexity index is 292. The van der Waals surface area contributed by atoms with E-state index in [9.17, 15) is 0 Å². The summed E-state index contributed by atoms with van der Waals surface area (Å²) in [5.74, 6) is 0. The van der Waals surface area contributed by atoms with E-state index in [0.29, 0.717) is 0 Å². The van der Waals surface area contributed by atoms with E-state index in [1.54, 1.807) is 28.4 Å². The van der Waals surface area contributed by atoms with Crippen molar-refractivity contribution in [1.82, 2.24) is 0 Å². The highest BCUT2D eigenvalue weighted by Crippen LogP contribution is 2.86. The van der Waals surface area contributed by atoms with Crippen LogP contribution in [0.4, 0.5) is 0 Å². The van der Waals surface area contributed by atoms with Gasteiger partial charge in [0.1, 0.15) is 0 Å². The molecule has 0 amide bonds. The van der Waals surface area contributed by atoms with Gasteiger partial charge in [-0.3, -0.25) is 0 Å². The SMILES string of the molecule is COP(OC)P(c1ccccc1)P(OC)OC. The van der Waals surface area contributed by atoms with Crippen LogP contribution in [-0.2, 0) is 18.1 Å². The van der Waals surface area contributed by atoms with Crippen molar-refractivity contribution in [3.8, 4) is 0 Å². The summed E-state index contributed by atoms with van der Waals surface area (Å²) in [6, 6.07) is 10.1. The van der Waals surface area contributed by atoms with E-state index in [1.807, 2.05) is 18.2 Å². The lowest BCUT2D eigenvalue weighted by Gasteiger charge is -2.28. The van der Waals surface area contributed by atoms with Crippen LogP contribution in [0.1, 0.15) is 0 Å². The molecule has 96 valence electrons. The van der Waals surface area contributed by atoms with Crippen molar-refractivity contribution in [2.24, 2.45) is 0 Å². The van der Waals surface area contributed by atoms with Crippen molar-refractivity contribution >= 4 is 28.7 Å². The Morgan fingerprint density at radius 3 is 1.47 bits per heavy atom. The molecule has 0 saturated carbocycles. The normalized spacial score (nSPS) is 11.7. The first-order valence-corrected chi connectivity index (χ1v) is 10.0. The van der Waals surface area contributed by atoms with E-state index < -0.39 is 23.4 Å².